The minimum atomic E-state index is -0.495. The highest BCUT2D eigenvalue weighted by Crippen LogP contribution is 2.32. The van der Waals surface area contributed by atoms with E-state index in [9.17, 15) is 14.5 Å². The summed E-state index contributed by atoms with van der Waals surface area (Å²) in [4.78, 5) is 20.2. The molecule has 1 atom stereocenters. The summed E-state index contributed by atoms with van der Waals surface area (Å²) in [7, 11) is 0. The quantitative estimate of drug-likeness (QED) is 0.464. The Morgan fingerprint density at radius 3 is 2.67 bits per heavy atom. The molecule has 2 aromatic heterocycles. The normalized spacial score (nSPS) is 14.6. The van der Waals surface area contributed by atoms with E-state index in [0.29, 0.717) is 0 Å². The minimum Gasteiger partial charge on any atom is -0.361 e. The number of halogens is 1. The molecule has 1 unspecified atom stereocenters. The minimum absolute atomic E-state index is 0.151. The van der Waals surface area contributed by atoms with Crippen LogP contribution in [-0.4, -0.2) is 20.9 Å². The molecule has 1 fully saturated rings. The number of rotatable bonds is 7. The summed E-state index contributed by atoms with van der Waals surface area (Å²) in [5.74, 6) is 0.168. The summed E-state index contributed by atoms with van der Waals surface area (Å²) in [5.41, 5.74) is 0.694. The zero-order valence-electron chi connectivity index (χ0n) is 14.1. The van der Waals surface area contributed by atoms with E-state index >= 15 is 0 Å². The molecule has 0 amide bonds. The molecule has 7 nitrogen and oxygen atoms in total. The first kappa shape index (κ1) is 17.3. The highest BCUT2D eigenvalue weighted by molar-refractivity contribution is 7.10. The van der Waals surface area contributed by atoms with E-state index < -0.39 is 4.92 Å². The van der Waals surface area contributed by atoms with E-state index in [1.54, 1.807) is 23.5 Å². The molecule has 2 N–H and O–H groups in total. The highest BCUT2D eigenvalue weighted by Gasteiger charge is 2.27. The van der Waals surface area contributed by atoms with E-state index in [-0.39, 0.29) is 35.4 Å². The molecule has 0 spiro atoms. The zero-order valence-corrected chi connectivity index (χ0v) is 14.9. The van der Waals surface area contributed by atoms with Gasteiger partial charge in [-0.15, -0.1) is 11.3 Å². The van der Waals surface area contributed by atoms with E-state index in [1.807, 2.05) is 17.5 Å². The largest absolute Gasteiger partial charge is 0.361 e. The van der Waals surface area contributed by atoms with Crippen molar-refractivity contribution < 1.29 is 9.31 Å². The number of benzene rings is 1. The van der Waals surface area contributed by atoms with Gasteiger partial charge in [-0.05, 0) is 42.0 Å². The number of anilines is 2. The van der Waals surface area contributed by atoms with Gasteiger partial charge < -0.3 is 10.6 Å². The third kappa shape index (κ3) is 4.03. The highest BCUT2D eigenvalue weighted by atomic mass is 32.1. The number of thiophene rings is 1. The molecule has 1 aliphatic carbocycles. The summed E-state index contributed by atoms with van der Waals surface area (Å²) in [5, 5.41) is 19.5. The molecule has 3 aromatic rings. The summed E-state index contributed by atoms with van der Waals surface area (Å²) < 4.78 is 13.3. The zero-order chi connectivity index (χ0) is 18.8. The Morgan fingerprint density at radius 2 is 2.04 bits per heavy atom. The van der Waals surface area contributed by atoms with Gasteiger partial charge in [0.15, 0.2) is 0 Å². The number of nitrogens with zero attached hydrogens (tertiary/aromatic N) is 3. The Kier molecular flexibility index (Phi) is 4.68. The molecule has 9 heteroatoms. The number of hydrogen-bond acceptors (Lipinski definition) is 7. The van der Waals surface area contributed by atoms with Crippen LogP contribution in [0, 0.1) is 15.9 Å². The number of nitrogens with one attached hydrogen (secondary N) is 2. The second-order valence-electron chi connectivity index (χ2n) is 6.25. The van der Waals surface area contributed by atoms with Crippen molar-refractivity contribution >= 4 is 28.8 Å². The lowest BCUT2D eigenvalue weighted by Crippen LogP contribution is -2.15. The molecule has 1 aromatic carbocycles. The molecule has 138 valence electrons. The van der Waals surface area contributed by atoms with Crippen molar-refractivity contribution in [1.29, 1.82) is 0 Å². The van der Waals surface area contributed by atoms with Crippen molar-refractivity contribution in [2.45, 2.75) is 24.9 Å². The van der Waals surface area contributed by atoms with Crippen molar-refractivity contribution in [1.82, 2.24) is 9.97 Å². The van der Waals surface area contributed by atoms with Crippen LogP contribution in [0.4, 0.5) is 21.8 Å². The molecule has 1 saturated carbocycles. The lowest BCUT2D eigenvalue weighted by molar-refractivity contribution is -0.384. The first-order chi connectivity index (χ1) is 13.1. The standard InChI is InChI=1S/C18H16FN5O2S/c19-12-5-3-11(4-6-12)16(15-2-1-9-27-15)22-18-20-10-14(24(25)26)17(23-18)21-13-7-8-13/h1-6,9-10,13,16H,7-8H2,(H2,20,21,22,23). The third-order valence-corrected chi connectivity index (χ3v) is 5.13. The van der Waals surface area contributed by atoms with E-state index in [1.165, 1.54) is 18.3 Å². The van der Waals surface area contributed by atoms with Crippen LogP contribution in [0.3, 0.4) is 0 Å². The Balaban J connectivity index is 1.66. The summed E-state index contributed by atoms with van der Waals surface area (Å²) in [6.07, 6.45) is 3.14. The predicted octanol–water partition coefficient (Wildman–Crippen LogP) is 4.36. The fourth-order valence-corrected chi connectivity index (χ4v) is 3.47. The molecular formula is C18H16FN5O2S. The number of hydrogen-bond donors (Lipinski definition) is 2. The van der Waals surface area contributed by atoms with Gasteiger partial charge in [0.1, 0.15) is 12.0 Å². The van der Waals surface area contributed by atoms with Crippen molar-refractivity contribution in [3.63, 3.8) is 0 Å². The van der Waals surface area contributed by atoms with Crippen LogP contribution < -0.4 is 10.6 Å². The van der Waals surface area contributed by atoms with E-state index in [2.05, 4.69) is 20.6 Å². The Labute approximate surface area is 158 Å². The first-order valence-electron chi connectivity index (χ1n) is 8.43. The number of aromatic nitrogens is 2. The van der Waals surface area contributed by atoms with Crippen LogP contribution in [0.2, 0.25) is 0 Å². The second kappa shape index (κ2) is 7.28. The van der Waals surface area contributed by atoms with Gasteiger partial charge in [0.2, 0.25) is 11.8 Å². The van der Waals surface area contributed by atoms with E-state index in [4.69, 9.17) is 0 Å². The summed E-state index contributed by atoms with van der Waals surface area (Å²) >= 11 is 1.55. The maximum absolute atomic E-state index is 13.3. The maximum atomic E-state index is 13.3. The van der Waals surface area contributed by atoms with Gasteiger partial charge in [-0.2, -0.15) is 4.98 Å². The molecule has 0 saturated heterocycles. The first-order valence-corrected chi connectivity index (χ1v) is 9.31. The summed E-state index contributed by atoms with van der Waals surface area (Å²) in [6, 6.07) is 10.00. The fourth-order valence-electron chi connectivity index (χ4n) is 2.66. The Morgan fingerprint density at radius 1 is 1.26 bits per heavy atom. The van der Waals surface area contributed by atoms with Crippen molar-refractivity contribution in [2.75, 3.05) is 10.6 Å². The predicted molar refractivity (Wildman–Crippen MR) is 102 cm³/mol. The average Bonchev–Trinajstić information content (AvgIpc) is 3.30. The van der Waals surface area contributed by atoms with Gasteiger partial charge in [-0.3, -0.25) is 10.1 Å². The molecule has 4 rings (SSSR count). The van der Waals surface area contributed by atoms with Crippen LogP contribution in [0.5, 0.6) is 0 Å². The van der Waals surface area contributed by atoms with Crippen molar-refractivity contribution in [3.05, 3.63) is 74.3 Å². The maximum Gasteiger partial charge on any atom is 0.329 e. The van der Waals surface area contributed by atoms with Crippen molar-refractivity contribution in [3.8, 4) is 0 Å². The topological polar surface area (TPSA) is 93.0 Å². The van der Waals surface area contributed by atoms with Gasteiger partial charge in [0, 0.05) is 10.9 Å². The molecule has 27 heavy (non-hydrogen) atoms. The molecule has 0 aliphatic heterocycles. The lowest BCUT2D eigenvalue weighted by Gasteiger charge is -2.18. The fraction of sp³-hybridized carbons (Fsp3) is 0.222. The van der Waals surface area contributed by atoms with Gasteiger partial charge in [0.25, 0.3) is 0 Å². The van der Waals surface area contributed by atoms with Gasteiger partial charge >= 0.3 is 5.69 Å². The van der Waals surface area contributed by atoms with Gasteiger partial charge in [-0.1, -0.05) is 18.2 Å². The van der Waals surface area contributed by atoms with E-state index in [0.717, 1.165) is 23.3 Å². The van der Waals surface area contributed by atoms with Gasteiger partial charge in [-0.25, -0.2) is 9.37 Å². The molecule has 0 radical (unpaired) electrons. The SMILES string of the molecule is O=[N+]([O-])c1cnc(NC(c2ccc(F)cc2)c2cccs2)nc1NC1CC1. The van der Waals surface area contributed by atoms with Crippen LogP contribution >= 0.6 is 11.3 Å². The van der Waals surface area contributed by atoms with Crippen molar-refractivity contribution in [2.24, 2.45) is 0 Å². The Bertz CT molecular complexity index is 945. The number of nitro groups is 1. The average molecular weight is 385 g/mol. The van der Waals surface area contributed by atoms with Crippen LogP contribution in [0.1, 0.15) is 29.3 Å². The lowest BCUT2D eigenvalue weighted by atomic mass is 10.1. The smallest absolute Gasteiger partial charge is 0.329 e. The molecule has 0 bridgehead atoms. The molecular weight excluding hydrogens is 369 g/mol. The third-order valence-electron chi connectivity index (χ3n) is 4.19. The van der Waals surface area contributed by atoms with Crippen LogP contribution in [-0.2, 0) is 0 Å². The summed E-state index contributed by atoms with van der Waals surface area (Å²) in [6.45, 7) is 0. The van der Waals surface area contributed by atoms with Gasteiger partial charge in [0.05, 0.1) is 11.0 Å². The monoisotopic (exact) mass is 385 g/mol. The molecule has 2 heterocycles. The van der Waals surface area contributed by atoms with Crippen LogP contribution in [0.15, 0.2) is 48.0 Å². The Hall–Kier alpha value is -3.07. The molecule has 1 aliphatic rings. The second-order valence-corrected chi connectivity index (χ2v) is 7.23. The van der Waals surface area contributed by atoms with Crippen LogP contribution in [0.25, 0.3) is 0 Å².